The molecule has 4 unspecified atom stereocenters. The lowest BCUT2D eigenvalue weighted by Crippen LogP contribution is -2.38. The Labute approximate surface area is 190 Å². The number of ether oxygens (including phenoxy) is 6. The standard InChI is InChI=1S/C23H46O7Si/c1-19-20(2)28-15-11-26-13-17-30-23(21(3)29-16-12-25-10-14-27-19)22(24)9-7-8-18-31(4,5)6/h19-21,23H,7-18H2,1-6H3. The van der Waals surface area contributed by atoms with Crippen LogP contribution < -0.4 is 0 Å². The van der Waals surface area contributed by atoms with E-state index >= 15 is 0 Å². The zero-order valence-electron chi connectivity index (χ0n) is 20.7. The summed E-state index contributed by atoms with van der Waals surface area (Å²) in [6.07, 6.45) is 1.59. The summed E-state index contributed by atoms with van der Waals surface area (Å²) in [5.74, 6) is 0.109. The number of carbonyl (C=O) groups excluding carboxylic acids is 1. The van der Waals surface area contributed by atoms with Gasteiger partial charge in [0.25, 0.3) is 0 Å². The third-order valence-electron chi connectivity index (χ3n) is 5.36. The van der Waals surface area contributed by atoms with Crippen LogP contribution in [-0.4, -0.2) is 91.1 Å². The molecule has 0 N–H and O–H groups in total. The fraction of sp³-hybridized carbons (Fsp3) is 0.957. The lowest BCUT2D eigenvalue weighted by Gasteiger charge is -2.24. The van der Waals surface area contributed by atoms with Gasteiger partial charge >= 0.3 is 0 Å². The van der Waals surface area contributed by atoms with Crippen LogP contribution in [0.1, 0.15) is 40.0 Å². The van der Waals surface area contributed by atoms with Gasteiger partial charge in [-0.05, 0) is 27.2 Å². The van der Waals surface area contributed by atoms with Crippen LogP contribution in [-0.2, 0) is 33.2 Å². The van der Waals surface area contributed by atoms with Crippen LogP contribution in [0.3, 0.4) is 0 Å². The normalized spacial score (nSPS) is 29.1. The quantitative estimate of drug-likeness (QED) is 0.440. The lowest BCUT2D eigenvalue weighted by atomic mass is 10.1. The second-order valence-corrected chi connectivity index (χ2v) is 15.1. The third kappa shape index (κ3) is 14.4. The molecule has 31 heavy (non-hydrogen) atoms. The Bertz CT molecular complexity index is 469. The Balaban J connectivity index is 2.52. The van der Waals surface area contributed by atoms with Gasteiger partial charge in [0.15, 0.2) is 5.78 Å². The maximum atomic E-state index is 12.8. The Morgan fingerprint density at radius 1 is 0.677 bits per heavy atom. The maximum absolute atomic E-state index is 12.8. The van der Waals surface area contributed by atoms with Crippen molar-refractivity contribution in [1.29, 1.82) is 0 Å². The molecule has 4 atom stereocenters. The molecule has 0 saturated carbocycles. The second-order valence-electron chi connectivity index (χ2n) is 9.48. The highest BCUT2D eigenvalue weighted by Crippen LogP contribution is 2.16. The van der Waals surface area contributed by atoms with E-state index in [0.717, 1.165) is 12.8 Å². The number of carbonyl (C=O) groups is 1. The molecule has 184 valence electrons. The summed E-state index contributed by atoms with van der Waals surface area (Å²) in [5.41, 5.74) is 0. The number of hydrogen-bond donors (Lipinski definition) is 0. The van der Waals surface area contributed by atoms with Crippen molar-refractivity contribution in [2.24, 2.45) is 0 Å². The van der Waals surface area contributed by atoms with Crippen LogP contribution in [0, 0.1) is 0 Å². The minimum atomic E-state index is -1.07. The van der Waals surface area contributed by atoms with Crippen LogP contribution in [0.25, 0.3) is 0 Å². The minimum absolute atomic E-state index is 0.0143. The molecule has 0 spiro atoms. The molecule has 0 radical (unpaired) electrons. The number of rotatable bonds is 6. The molecule has 0 amide bonds. The van der Waals surface area contributed by atoms with E-state index in [2.05, 4.69) is 19.6 Å². The molecular formula is C23H46O7Si. The summed E-state index contributed by atoms with van der Waals surface area (Å²) in [7, 11) is -1.07. The number of Topliss-reactive ketones (excluding diaryl/α,β-unsaturated/α-hetero) is 1. The van der Waals surface area contributed by atoms with Crippen molar-refractivity contribution in [2.75, 3.05) is 52.9 Å². The zero-order chi connectivity index (χ0) is 23.1. The van der Waals surface area contributed by atoms with Crippen molar-refractivity contribution in [3.05, 3.63) is 0 Å². The molecule has 1 aliphatic rings. The SMILES string of the molecule is CC1OCCOCCOC(C)C(C(=O)CCCC[Si](C)(C)C)OCCOCCOC1C. The van der Waals surface area contributed by atoms with Crippen LogP contribution in [0.2, 0.25) is 25.7 Å². The highest BCUT2D eigenvalue weighted by atomic mass is 28.3. The summed E-state index contributed by atoms with van der Waals surface area (Å²) in [4.78, 5) is 12.8. The summed E-state index contributed by atoms with van der Waals surface area (Å²) in [5, 5.41) is 0. The van der Waals surface area contributed by atoms with E-state index in [-0.39, 0.29) is 24.1 Å². The first-order chi connectivity index (χ1) is 14.7. The molecule has 1 fully saturated rings. The highest BCUT2D eigenvalue weighted by Gasteiger charge is 2.26. The predicted octanol–water partition coefficient (Wildman–Crippen LogP) is 3.71. The molecule has 0 aromatic heterocycles. The van der Waals surface area contributed by atoms with Crippen molar-refractivity contribution in [3.8, 4) is 0 Å². The van der Waals surface area contributed by atoms with Crippen LogP contribution >= 0.6 is 0 Å². The Kier molecular flexibility index (Phi) is 15.1. The third-order valence-corrected chi connectivity index (χ3v) is 7.21. The molecule has 7 nitrogen and oxygen atoms in total. The molecule has 1 heterocycles. The fourth-order valence-electron chi connectivity index (χ4n) is 3.26. The van der Waals surface area contributed by atoms with Crippen LogP contribution in [0.5, 0.6) is 0 Å². The molecule has 1 rings (SSSR count). The molecule has 0 aromatic rings. The Hall–Kier alpha value is -0.353. The van der Waals surface area contributed by atoms with Crippen molar-refractivity contribution in [3.63, 3.8) is 0 Å². The van der Waals surface area contributed by atoms with Gasteiger partial charge in [-0.25, -0.2) is 0 Å². The Morgan fingerprint density at radius 3 is 1.61 bits per heavy atom. The van der Waals surface area contributed by atoms with Gasteiger partial charge in [0.1, 0.15) is 6.10 Å². The van der Waals surface area contributed by atoms with Gasteiger partial charge in [-0.3, -0.25) is 4.79 Å². The largest absolute Gasteiger partial charge is 0.377 e. The van der Waals surface area contributed by atoms with Gasteiger partial charge in [-0.2, -0.15) is 0 Å². The highest BCUT2D eigenvalue weighted by molar-refractivity contribution is 6.76. The summed E-state index contributed by atoms with van der Waals surface area (Å²) in [6, 6.07) is 1.24. The number of unbranched alkanes of at least 4 members (excludes halogenated alkanes) is 1. The van der Waals surface area contributed by atoms with Crippen molar-refractivity contribution < 1.29 is 33.2 Å². The van der Waals surface area contributed by atoms with Crippen LogP contribution in [0.15, 0.2) is 0 Å². The molecule has 0 bridgehead atoms. The van der Waals surface area contributed by atoms with Gasteiger partial charge in [-0.15, -0.1) is 0 Å². The fourth-order valence-corrected chi connectivity index (χ4v) is 4.57. The Morgan fingerprint density at radius 2 is 1.13 bits per heavy atom. The predicted molar refractivity (Wildman–Crippen MR) is 125 cm³/mol. The smallest absolute Gasteiger partial charge is 0.164 e. The number of hydrogen-bond acceptors (Lipinski definition) is 7. The van der Waals surface area contributed by atoms with Crippen LogP contribution in [0.4, 0.5) is 0 Å². The molecule has 0 aliphatic carbocycles. The van der Waals surface area contributed by atoms with E-state index in [1.54, 1.807) is 0 Å². The summed E-state index contributed by atoms with van der Waals surface area (Å²) < 4.78 is 34.4. The molecular weight excluding hydrogens is 416 g/mol. The van der Waals surface area contributed by atoms with E-state index in [9.17, 15) is 4.79 Å². The zero-order valence-corrected chi connectivity index (χ0v) is 21.7. The summed E-state index contributed by atoms with van der Waals surface area (Å²) >= 11 is 0. The molecule has 0 aromatic carbocycles. The van der Waals surface area contributed by atoms with Crippen molar-refractivity contribution in [2.45, 2.75) is 90.1 Å². The van der Waals surface area contributed by atoms with Gasteiger partial charge in [0.05, 0.1) is 71.2 Å². The first kappa shape index (κ1) is 28.7. The van der Waals surface area contributed by atoms with Gasteiger partial charge < -0.3 is 28.4 Å². The monoisotopic (exact) mass is 462 g/mol. The van der Waals surface area contributed by atoms with Gasteiger partial charge in [-0.1, -0.05) is 32.1 Å². The van der Waals surface area contributed by atoms with E-state index in [4.69, 9.17) is 28.4 Å². The second kappa shape index (κ2) is 16.3. The first-order valence-corrected chi connectivity index (χ1v) is 15.6. The topological polar surface area (TPSA) is 72.5 Å². The van der Waals surface area contributed by atoms with Gasteiger partial charge in [0, 0.05) is 14.5 Å². The minimum Gasteiger partial charge on any atom is -0.377 e. The average molecular weight is 463 g/mol. The van der Waals surface area contributed by atoms with Crippen molar-refractivity contribution in [1.82, 2.24) is 0 Å². The molecule has 1 saturated heterocycles. The van der Waals surface area contributed by atoms with E-state index in [1.165, 1.54) is 6.04 Å². The molecule has 8 heteroatoms. The van der Waals surface area contributed by atoms with E-state index in [0.29, 0.717) is 59.3 Å². The van der Waals surface area contributed by atoms with E-state index in [1.807, 2.05) is 20.8 Å². The average Bonchev–Trinajstić information content (AvgIpc) is 2.70. The van der Waals surface area contributed by atoms with E-state index < -0.39 is 14.2 Å². The lowest BCUT2D eigenvalue weighted by molar-refractivity contribution is -0.145. The summed E-state index contributed by atoms with van der Waals surface area (Å²) in [6.45, 7) is 16.6. The van der Waals surface area contributed by atoms with Gasteiger partial charge in [0.2, 0.25) is 0 Å². The molecule has 1 aliphatic heterocycles. The maximum Gasteiger partial charge on any atom is 0.164 e. The first-order valence-electron chi connectivity index (χ1n) is 11.9. The van der Waals surface area contributed by atoms with Crippen molar-refractivity contribution >= 4 is 13.9 Å². The number of ketones is 1.